The number of amides is 1. The Balaban J connectivity index is 1.85. The number of carbonyl (C=O) groups excluding carboxylic acids is 1. The molecule has 3 aromatic rings. The molecule has 8 heteroatoms. The number of anilines is 1. The van der Waals surface area contributed by atoms with Crippen molar-refractivity contribution in [3.8, 4) is 11.3 Å². The van der Waals surface area contributed by atoms with Crippen molar-refractivity contribution >= 4 is 28.9 Å². The average Bonchev–Trinajstić information content (AvgIpc) is 3.09. The lowest BCUT2D eigenvalue weighted by atomic mass is 10.2. The van der Waals surface area contributed by atoms with Crippen molar-refractivity contribution in [2.24, 2.45) is 0 Å². The van der Waals surface area contributed by atoms with Gasteiger partial charge in [-0.2, -0.15) is 0 Å². The molecule has 2 aromatic carbocycles. The average molecular weight is 375 g/mol. The van der Waals surface area contributed by atoms with Gasteiger partial charge in [-0.15, -0.1) is 0 Å². The van der Waals surface area contributed by atoms with E-state index >= 15 is 0 Å². The van der Waals surface area contributed by atoms with Gasteiger partial charge in [0.05, 0.1) is 9.95 Å². The Morgan fingerprint density at radius 2 is 1.96 bits per heavy atom. The summed E-state index contributed by atoms with van der Waals surface area (Å²) in [5, 5.41) is 13.5. The zero-order chi connectivity index (χ0) is 18.8. The van der Waals surface area contributed by atoms with Crippen LogP contribution in [0, 0.1) is 22.9 Å². The van der Waals surface area contributed by atoms with Crippen LogP contribution in [0.1, 0.15) is 16.1 Å². The molecule has 0 spiro atoms. The number of rotatable bonds is 4. The molecule has 0 saturated carbocycles. The maximum atomic E-state index is 13.2. The van der Waals surface area contributed by atoms with E-state index in [1.54, 1.807) is 13.0 Å². The van der Waals surface area contributed by atoms with E-state index in [4.69, 9.17) is 16.0 Å². The van der Waals surface area contributed by atoms with Gasteiger partial charge < -0.3 is 9.73 Å². The molecule has 1 aromatic heterocycles. The summed E-state index contributed by atoms with van der Waals surface area (Å²) in [6.07, 6.45) is 0. The van der Waals surface area contributed by atoms with Crippen LogP contribution < -0.4 is 5.32 Å². The predicted octanol–water partition coefficient (Wildman–Crippen LogP) is 5.21. The standard InChI is InChI=1S/C18H12ClFN2O4/c1-10-2-5-14(15(8-10)22(24)25)21-18(23)17-7-6-16(26-17)11-3-4-13(20)12(19)9-11/h2-9H,1H3,(H,21,23). The van der Waals surface area contributed by atoms with Crippen LogP contribution in [0.3, 0.4) is 0 Å². The van der Waals surface area contributed by atoms with Crippen molar-refractivity contribution in [2.75, 3.05) is 5.32 Å². The zero-order valence-electron chi connectivity index (χ0n) is 13.5. The molecule has 26 heavy (non-hydrogen) atoms. The van der Waals surface area contributed by atoms with Gasteiger partial charge in [-0.25, -0.2) is 4.39 Å². The van der Waals surface area contributed by atoms with Crippen LogP contribution in [-0.4, -0.2) is 10.8 Å². The highest BCUT2D eigenvalue weighted by molar-refractivity contribution is 6.31. The first-order valence-corrected chi connectivity index (χ1v) is 7.84. The summed E-state index contributed by atoms with van der Waals surface area (Å²) in [4.78, 5) is 22.9. The third kappa shape index (κ3) is 3.57. The van der Waals surface area contributed by atoms with Gasteiger partial charge in [-0.05, 0) is 48.9 Å². The maximum absolute atomic E-state index is 13.2. The second kappa shape index (κ2) is 6.97. The Morgan fingerprint density at radius 3 is 2.65 bits per heavy atom. The molecule has 0 saturated heterocycles. The number of hydrogen-bond donors (Lipinski definition) is 1. The molecule has 1 heterocycles. The van der Waals surface area contributed by atoms with E-state index in [1.807, 2.05) is 0 Å². The van der Waals surface area contributed by atoms with Gasteiger partial charge in [-0.1, -0.05) is 17.7 Å². The van der Waals surface area contributed by atoms with E-state index in [0.29, 0.717) is 16.9 Å². The predicted molar refractivity (Wildman–Crippen MR) is 94.9 cm³/mol. The van der Waals surface area contributed by atoms with E-state index in [-0.39, 0.29) is 22.2 Å². The first-order valence-electron chi connectivity index (χ1n) is 7.47. The van der Waals surface area contributed by atoms with Crippen LogP contribution in [0.25, 0.3) is 11.3 Å². The normalized spacial score (nSPS) is 10.6. The van der Waals surface area contributed by atoms with Gasteiger partial charge in [0.25, 0.3) is 11.6 Å². The highest BCUT2D eigenvalue weighted by Gasteiger charge is 2.19. The van der Waals surface area contributed by atoms with Crippen molar-refractivity contribution in [1.29, 1.82) is 0 Å². The van der Waals surface area contributed by atoms with Crippen molar-refractivity contribution in [3.05, 3.63) is 80.8 Å². The van der Waals surface area contributed by atoms with Crippen LogP contribution in [0.15, 0.2) is 52.9 Å². The molecule has 0 aliphatic heterocycles. The Hall–Kier alpha value is -3.19. The molecule has 0 aliphatic rings. The van der Waals surface area contributed by atoms with Crippen molar-refractivity contribution in [2.45, 2.75) is 6.92 Å². The number of halogens is 2. The summed E-state index contributed by atoms with van der Waals surface area (Å²) in [6.45, 7) is 1.71. The molecular weight excluding hydrogens is 363 g/mol. The monoisotopic (exact) mass is 374 g/mol. The fraction of sp³-hybridized carbons (Fsp3) is 0.0556. The quantitative estimate of drug-likeness (QED) is 0.502. The second-order valence-corrected chi connectivity index (χ2v) is 5.93. The Labute approximate surface area is 152 Å². The largest absolute Gasteiger partial charge is 0.451 e. The third-order valence-corrected chi connectivity index (χ3v) is 3.92. The van der Waals surface area contributed by atoms with Crippen LogP contribution in [0.4, 0.5) is 15.8 Å². The fourth-order valence-corrected chi connectivity index (χ4v) is 2.53. The lowest BCUT2D eigenvalue weighted by Gasteiger charge is -2.05. The molecule has 0 aliphatic carbocycles. The van der Waals surface area contributed by atoms with Gasteiger partial charge in [-0.3, -0.25) is 14.9 Å². The third-order valence-electron chi connectivity index (χ3n) is 3.63. The van der Waals surface area contributed by atoms with Crippen LogP contribution in [0.2, 0.25) is 5.02 Å². The SMILES string of the molecule is Cc1ccc(NC(=O)c2ccc(-c3ccc(F)c(Cl)c3)o2)c([N+](=O)[O-])c1. The minimum absolute atomic E-state index is 0.0460. The molecule has 1 amide bonds. The van der Waals surface area contributed by atoms with Crippen molar-refractivity contribution in [1.82, 2.24) is 0 Å². The van der Waals surface area contributed by atoms with E-state index in [1.165, 1.54) is 42.5 Å². The molecule has 6 nitrogen and oxygen atoms in total. The van der Waals surface area contributed by atoms with Gasteiger partial charge in [0.15, 0.2) is 5.76 Å². The highest BCUT2D eigenvalue weighted by atomic mass is 35.5. The number of benzene rings is 2. The van der Waals surface area contributed by atoms with Crippen molar-refractivity contribution in [3.63, 3.8) is 0 Å². The molecule has 0 atom stereocenters. The van der Waals surface area contributed by atoms with E-state index < -0.39 is 16.6 Å². The summed E-state index contributed by atoms with van der Waals surface area (Å²) in [7, 11) is 0. The number of nitro groups is 1. The minimum Gasteiger partial charge on any atom is -0.451 e. The first-order chi connectivity index (χ1) is 12.3. The van der Waals surface area contributed by atoms with E-state index in [9.17, 15) is 19.3 Å². The van der Waals surface area contributed by atoms with Gasteiger partial charge in [0.1, 0.15) is 17.3 Å². The molecule has 0 radical (unpaired) electrons. The lowest BCUT2D eigenvalue weighted by molar-refractivity contribution is -0.384. The summed E-state index contributed by atoms with van der Waals surface area (Å²) in [5.74, 6) is -0.936. The van der Waals surface area contributed by atoms with Crippen molar-refractivity contribution < 1.29 is 18.5 Å². The van der Waals surface area contributed by atoms with E-state index in [2.05, 4.69) is 5.32 Å². The number of carbonyl (C=O) groups is 1. The molecular formula is C18H12ClFN2O4. The fourth-order valence-electron chi connectivity index (χ4n) is 2.35. The van der Waals surface area contributed by atoms with Crippen LogP contribution in [0.5, 0.6) is 0 Å². The summed E-state index contributed by atoms with van der Waals surface area (Å²) >= 11 is 5.74. The molecule has 0 bridgehead atoms. The summed E-state index contributed by atoms with van der Waals surface area (Å²) in [6, 6.07) is 11.4. The maximum Gasteiger partial charge on any atom is 0.293 e. The molecule has 0 fully saturated rings. The number of hydrogen-bond acceptors (Lipinski definition) is 4. The van der Waals surface area contributed by atoms with Gasteiger partial charge >= 0.3 is 0 Å². The van der Waals surface area contributed by atoms with E-state index in [0.717, 1.165) is 0 Å². The number of nitrogens with zero attached hydrogens (tertiary/aromatic N) is 1. The topological polar surface area (TPSA) is 85.4 Å². The number of nitro benzene ring substituents is 1. The molecule has 1 N–H and O–H groups in total. The molecule has 0 unspecified atom stereocenters. The molecule has 3 rings (SSSR count). The summed E-state index contributed by atoms with van der Waals surface area (Å²) < 4.78 is 18.7. The Morgan fingerprint density at radius 1 is 1.19 bits per heavy atom. The second-order valence-electron chi connectivity index (χ2n) is 5.52. The van der Waals surface area contributed by atoms with Gasteiger partial charge in [0.2, 0.25) is 0 Å². The Bertz CT molecular complexity index is 1020. The smallest absolute Gasteiger partial charge is 0.293 e. The Kier molecular flexibility index (Phi) is 4.73. The number of aryl methyl sites for hydroxylation is 1. The van der Waals surface area contributed by atoms with Crippen LogP contribution in [-0.2, 0) is 0 Å². The first kappa shape index (κ1) is 17.6. The lowest BCUT2D eigenvalue weighted by Crippen LogP contribution is -2.12. The van der Waals surface area contributed by atoms with Crippen LogP contribution >= 0.6 is 11.6 Å². The zero-order valence-corrected chi connectivity index (χ0v) is 14.2. The highest BCUT2D eigenvalue weighted by Crippen LogP contribution is 2.28. The number of nitrogens with one attached hydrogen (secondary N) is 1. The summed E-state index contributed by atoms with van der Waals surface area (Å²) in [5.41, 5.74) is 1.05. The molecule has 132 valence electrons. The number of furan rings is 1. The minimum atomic E-state index is -0.642. The van der Waals surface area contributed by atoms with Gasteiger partial charge in [0, 0.05) is 11.6 Å².